The van der Waals surface area contributed by atoms with Crippen molar-refractivity contribution in [1.29, 1.82) is 0 Å². The predicted molar refractivity (Wildman–Crippen MR) is 130 cm³/mol. The number of carbonyl (C=O) groups excluding carboxylic acids is 1. The fraction of sp³-hybridized carbons (Fsp3) is 0.269. The number of hydrogen-bond donors (Lipinski definition) is 2. The van der Waals surface area contributed by atoms with Crippen molar-refractivity contribution in [2.24, 2.45) is 0 Å². The van der Waals surface area contributed by atoms with Crippen LogP contribution in [0.25, 0.3) is 0 Å². The summed E-state index contributed by atoms with van der Waals surface area (Å²) in [5.74, 6) is -0.271. The molecule has 6 nitrogen and oxygen atoms in total. The molecular weight excluding hydrogens is 455 g/mol. The van der Waals surface area contributed by atoms with Crippen molar-refractivity contribution < 1.29 is 22.3 Å². The van der Waals surface area contributed by atoms with Crippen molar-refractivity contribution in [3.63, 3.8) is 0 Å². The highest BCUT2D eigenvalue weighted by Gasteiger charge is 2.22. The molecule has 2 N–H and O–H groups in total. The van der Waals surface area contributed by atoms with E-state index in [1.807, 2.05) is 30.3 Å². The Morgan fingerprint density at radius 3 is 2.15 bits per heavy atom. The van der Waals surface area contributed by atoms with Gasteiger partial charge in [-0.2, -0.15) is 0 Å². The molecule has 0 aliphatic heterocycles. The van der Waals surface area contributed by atoms with Gasteiger partial charge in [0.2, 0.25) is 10.0 Å². The van der Waals surface area contributed by atoms with Crippen LogP contribution in [0.5, 0.6) is 5.75 Å². The van der Waals surface area contributed by atoms with E-state index in [9.17, 15) is 17.6 Å². The van der Waals surface area contributed by atoms with Crippen LogP contribution in [0.3, 0.4) is 0 Å². The van der Waals surface area contributed by atoms with Crippen molar-refractivity contribution in [3.8, 4) is 5.75 Å². The lowest BCUT2D eigenvalue weighted by molar-refractivity contribution is 0.0921. The van der Waals surface area contributed by atoms with E-state index in [2.05, 4.69) is 10.0 Å². The lowest BCUT2D eigenvalue weighted by atomic mass is 10.1. The van der Waals surface area contributed by atoms with E-state index in [0.717, 1.165) is 5.56 Å². The van der Waals surface area contributed by atoms with Crippen LogP contribution in [0.15, 0.2) is 83.8 Å². The molecule has 0 fully saturated rings. The van der Waals surface area contributed by atoms with E-state index in [1.54, 1.807) is 32.9 Å². The second-order valence-electron chi connectivity index (χ2n) is 9.00. The standard InChI is InChI=1S/C26H29FN2O4S/c1-26(2,3)29-34(31,32)24-15-13-23(14-16-24)33-18-22(17-19-7-5-4-6-8-19)28-25(30)20-9-11-21(27)12-10-20/h4-16,22,29H,17-18H2,1-3H3,(H,28,30)/t22-/m0/s1. The Kier molecular flexibility index (Phi) is 8.06. The van der Waals surface area contributed by atoms with Gasteiger partial charge in [-0.3, -0.25) is 4.79 Å². The molecule has 0 bridgehead atoms. The Morgan fingerprint density at radius 2 is 1.56 bits per heavy atom. The maximum atomic E-state index is 13.2. The molecule has 0 saturated heterocycles. The summed E-state index contributed by atoms with van der Waals surface area (Å²) in [5.41, 5.74) is 0.770. The van der Waals surface area contributed by atoms with Crippen molar-refractivity contribution in [3.05, 3.63) is 95.8 Å². The summed E-state index contributed by atoms with van der Waals surface area (Å²) >= 11 is 0. The summed E-state index contributed by atoms with van der Waals surface area (Å²) in [6.07, 6.45) is 0.524. The molecule has 0 aromatic heterocycles. The number of ether oxygens (including phenoxy) is 1. The fourth-order valence-electron chi connectivity index (χ4n) is 3.29. The van der Waals surface area contributed by atoms with Crippen LogP contribution < -0.4 is 14.8 Å². The zero-order valence-electron chi connectivity index (χ0n) is 19.4. The maximum absolute atomic E-state index is 13.2. The normalized spacial score (nSPS) is 12.7. The van der Waals surface area contributed by atoms with Gasteiger partial charge in [0.1, 0.15) is 18.2 Å². The second-order valence-corrected chi connectivity index (χ2v) is 10.7. The zero-order chi connectivity index (χ0) is 24.8. The number of carbonyl (C=O) groups is 1. The predicted octanol–water partition coefficient (Wildman–Crippen LogP) is 4.32. The molecule has 1 atom stereocenters. The Bertz CT molecular complexity index is 1190. The third-order valence-corrected chi connectivity index (χ3v) is 6.57. The van der Waals surface area contributed by atoms with Crippen LogP contribution >= 0.6 is 0 Å². The van der Waals surface area contributed by atoms with Gasteiger partial charge in [0, 0.05) is 11.1 Å². The summed E-state index contributed by atoms with van der Waals surface area (Å²) in [6.45, 7) is 5.48. The minimum Gasteiger partial charge on any atom is -0.491 e. The van der Waals surface area contributed by atoms with Crippen LogP contribution in [0.1, 0.15) is 36.7 Å². The molecule has 3 aromatic rings. The number of hydrogen-bond acceptors (Lipinski definition) is 4. The highest BCUT2D eigenvalue weighted by molar-refractivity contribution is 7.89. The van der Waals surface area contributed by atoms with Gasteiger partial charge in [-0.05, 0) is 81.3 Å². The smallest absolute Gasteiger partial charge is 0.251 e. The Morgan fingerprint density at radius 1 is 0.941 bits per heavy atom. The summed E-state index contributed by atoms with van der Waals surface area (Å²) < 4.78 is 46.6. The minimum absolute atomic E-state index is 0.139. The SMILES string of the molecule is CC(C)(C)NS(=O)(=O)c1ccc(OC[C@H](Cc2ccccc2)NC(=O)c2ccc(F)cc2)cc1. The fourth-order valence-corrected chi connectivity index (χ4v) is 4.71. The molecule has 0 radical (unpaired) electrons. The van der Waals surface area contributed by atoms with E-state index in [-0.39, 0.29) is 23.5 Å². The monoisotopic (exact) mass is 484 g/mol. The van der Waals surface area contributed by atoms with Crippen LogP contribution in [-0.2, 0) is 16.4 Å². The number of nitrogens with one attached hydrogen (secondary N) is 2. The molecule has 1 amide bonds. The van der Waals surface area contributed by atoms with Gasteiger partial charge in [0.25, 0.3) is 5.91 Å². The van der Waals surface area contributed by atoms with Gasteiger partial charge in [0.05, 0.1) is 10.9 Å². The third kappa shape index (κ3) is 7.67. The molecule has 0 aliphatic rings. The van der Waals surface area contributed by atoms with E-state index in [4.69, 9.17) is 4.74 Å². The van der Waals surface area contributed by atoms with Gasteiger partial charge in [-0.1, -0.05) is 30.3 Å². The number of benzene rings is 3. The van der Waals surface area contributed by atoms with Crippen LogP contribution in [0.2, 0.25) is 0 Å². The topological polar surface area (TPSA) is 84.5 Å². The number of amides is 1. The first kappa shape index (κ1) is 25.4. The average molecular weight is 485 g/mol. The lowest BCUT2D eigenvalue weighted by Gasteiger charge is -2.21. The largest absolute Gasteiger partial charge is 0.491 e. The molecule has 3 aromatic carbocycles. The molecule has 34 heavy (non-hydrogen) atoms. The van der Waals surface area contributed by atoms with Crippen molar-refractivity contribution in [2.45, 2.75) is 43.7 Å². The van der Waals surface area contributed by atoms with Gasteiger partial charge < -0.3 is 10.1 Å². The maximum Gasteiger partial charge on any atom is 0.251 e. The number of halogens is 1. The summed E-state index contributed by atoms with van der Waals surface area (Å²) in [5, 5.41) is 2.94. The van der Waals surface area contributed by atoms with Crippen molar-refractivity contribution in [2.75, 3.05) is 6.61 Å². The first-order valence-corrected chi connectivity index (χ1v) is 12.4. The van der Waals surface area contributed by atoms with Gasteiger partial charge >= 0.3 is 0 Å². The molecule has 180 valence electrons. The summed E-state index contributed by atoms with van der Waals surface area (Å²) in [7, 11) is -3.65. The van der Waals surface area contributed by atoms with Gasteiger partial charge in [-0.25, -0.2) is 17.5 Å². The molecule has 8 heteroatoms. The van der Waals surface area contributed by atoms with Crippen LogP contribution in [-0.4, -0.2) is 32.5 Å². The molecule has 3 rings (SSSR count). The highest BCUT2D eigenvalue weighted by atomic mass is 32.2. The molecule has 0 heterocycles. The molecule has 0 saturated carbocycles. The van der Waals surface area contributed by atoms with Crippen LogP contribution in [0, 0.1) is 5.82 Å². The highest BCUT2D eigenvalue weighted by Crippen LogP contribution is 2.18. The van der Waals surface area contributed by atoms with Crippen molar-refractivity contribution in [1.82, 2.24) is 10.0 Å². The second kappa shape index (κ2) is 10.8. The van der Waals surface area contributed by atoms with Crippen molar-refractivity contribution >= 4 is 15.9 Å². The van der Waals surface area contributed by atoms with Gasteiger partial charge in [0.15, 0.2) is 0 Å². The first-order valence-electron chi connectivity index (χ1n) is 10.9. The Balaban J connectivity index is 1.69. The Labute approximate surface area is 200 Å². The van der Waals surface area contributed by atoms with Gasteiger partial charge in [-0.15, -0.1) is 0 Å². The van der Waals surface area contributed by atoms with E-state index in [0.29, 0.717) is 17.7 Å². The molecular formula is C26H29FN2O4S. The minimum atomic E-state index is -3.65. The molecule has 0 spiro atoms. The summed E-state index contributed by atoms with van der Waals surface area (Å²) in [4.78, 5) is 12.8. The quantitative estimate of drug-likeness (QED) is 0.474. The van der Waals surface area contributed by atoms with E-state index in [1.165, 1.54) is 36.4 Å². The molecule has 0 unspecified atom stereocenters. The van der Waals surface area contributed by atoms with Crippen LogP contribution in [0.4, 0.5) is 4.39 Å². The molecule has 0 aliphatic carbocycles. The first-order chi connectivity index (χ1) is 16.0. The third-order valence-electron chi connectivity index (χ3n) is 4.79. The number of rotatable bonds is 9. The van der Waals surface area contributed by atoms with E-state index < -0.39 is 21.4 Å². The Hall–Kier alpha value is -3.23. The summed E-state index contributed by atoms with van der Waals surface area (Å²) in [6, 6.07) is 20.7. The zero-order valence-corrected chi connectivity index (χ0v) is 20.2. The number of sulfonamides is 1. The van der Waals surface area contributed by atoms with E-state index >= 15 is 0 Å². The lowest BCUT2D eigenvalue weighted by Crippen LogP contribution is -2.41. The average Bonchev–Trinajstić information content (AvgIpc) is 2.77.